The van der Waals surface area contributed by atoms with Gasteiger partial charge in [0.1, 0.15) is 0 Å². The molecule has 3 heterocycles. The maximum absolute atomic E-state index is 12.9. The van der Waals surface area contributed by atoms with Crippen LogP contribution in [0.25, 0.3) is 11.0 Å². The molecule has 1 aromatic heterocycles. The fraction of sp³-hybridized carbons (Fsp3) is 0.304. The number of aromatic nitrogens is 2. The number of nitrogens with one attached hydrogen (secondary N) is 3. The van der Waals surface area contributed by atoms with Crippen molar-refractivity contribution >= 4 is 40.6 Å². The van der Waals surface area contributed by atoms with Crippen molar-refractivity contribution < 1.29 is 19.1 Å². The quantitative estimate of drug-likeness (QED) is 0.392. The first-order chi connectivity index (χ1) is 16.0. The van der Waals surface area contributed by atoms with Gasteiger partial charge in [0.15, 0.2) is 10.7 Å². The number of imidazole rings is 1. The first kappa shape index (κ1) is 21.5. The minimum Gasteiger partial charge on any atom is -0.378 e. The summed E-state index contributed by atoms with van der Waals surface area (Å²) in [5.74, 6) is -0.787. The molecular formula is C23H23N5O4S. The number of imide groups is 1. The van der Waals surface area contributed by atoms with Crippen LogP contribution >= 0.6 is 11.8 Å². The number of ether oxygens (including phenoxy) is 1. The molecule has 9 nitrogen and oxygen atoms in total. The smallest absolute Gasteiger partial charge is 0.322 e. The van der Waals surface area contributed by atoms with Crippen LogP contribution in [0.15, 0.2) is 53.7 Å². The van der Waals surface area contributed by atoms with Crippen molar-refractivity contribution in [3.8, 4) is 0 Å². The second-order valence-electron chi connectivity index (χ2n) is 8.12. The largest absolute Gasteiger partial charge is 0.378 e. The van der Waals surface area contributed by atoms with Gasteiger partial charge < -0.3 is 19.9 Å². The zero-order chi connectivity index (χ0) is 23.0. The van der Waals surface area contributed by atoms with E-state index < -0.39 is 23.5 Å². The zero-order valence-electron chi connectivity index (χ0n) is 18.0. The summed E-state index contributed by atoms with van der Waals surface area (Å²) in [5, 5.41) is 8.72. The maximum atomic E-state index is 12.9. The number of hydrogen-bond acceptors (Lipinski definition) is 6. The maximum Gasteiger partial charge on any atom is 0.322 e. The lowest BCUT2D eigenvalue weighted by Gasteiger charge is -2.38. The molecule has 0 bridgehead atoms. The van der Waals surface area contributed by atoms with Crippen LogP contribution in [0.1, 0.15) is 22.3 Å². The Morgan fingerprint density at radius 3 is 2.76 bits per heavy atom. The molecule has 4 amide bonds. The SMILES string of the molecule is CSc1nc2ccccc2n1Cc1ccc(C(=O)NC2CCOCC23NC(=O)NC3=O)cc1. The predicted octanol–water partition coefficient (Wildman–Crippen LogP) is 1.90. The van der Waals surface area contributed by atoms with Crippen molar-refractivity contribution in [2.45, 2.75) is 29.7 Å². The Kier molecular flexibility index (Phi) is 5.55. The lowest BCUT2D eigenvalue weighted by molar-refractivity contribution is -0.130. The van der Waals surface area contributed by atoms with E-state index in [0.29, 0.717) is 25.1 Å². The van der Waals surface area contributed by atoms with Gasteiger partial charge in [-0.05, 0) is 42.5 Å². The summed E-state index contributed by atoms with van der Waals surface area (Å²) in [6.45, 7) is 1.05. The summed E-state index contributed by atoms with van der Waals surface area (Å²) >= 11 is 1.59. The van der Waals surface area contributed by atoms with Gasteiger partial charge in [-0.2, -0.15) is 0 Å². The van der Waals surface area contributed by atoms with Crippen LogP contribution in [0.2, 0.25) is 0 Å². The Hall–Kier alpha value is -3.37. The number of urea groups is 1. The van der Waals surface area contributed by atoms with E-state index in [1.165, 1.54) is 0 Å². The molecule has 1 spiro atoms. The average Bonchev–Trinajstić information content (AvgIpc) is 3.32. The van der Waals surface area contributed by atoms with Crippen molar-refractivity contribution in [3.05, 3.63) is 59.7 Å². The summed E-state index contributed by atoms with van der Waals surface area (Å²) in [7, 11) is 0. The van der Waals surface area contributed by atoms with Crippen LogP contribution < -0.4 is 16.0 Å². The summed E-state index contributed by atoms with van der Waals surface area (Å²) in [4.78, 5) is 41.7. The Balaban J connectivity index is 1.32. The van der Waals surface area contributed by atoms with Crippen LogP contribution in [0, 0.1) is 0 Å². The molecule has 2 unspecified atom stereocenters. The van der Waals surface area contributed by atoms with Gasteiger partial charge >= 0.3 is 6.03 Å². The number of hydrogen-bond donors (Lipinski definition) is 3. The van der Waals surface area contributed by atoms with E-state index in [0.717, 1.165) is 21.8 Å². The van der Waals surface area contributed by atoms with Gasteiger partial charge in [0.25, 0.3) is 11.8 Å². The van der Waals surface area contributed by atoms with Gasteiger partial charge in [0.2, 0.25) is 0 Å². The lowest BCUT2D eigenvalue weighted by Crippen LogP contribution is -2.67. The van der Waals surface area contributed by atoms with Gasteiger partial charge in [-0.15, -0.1) is 0 Å². The number of benzene rings is 2. The molecule has 2 atom stereocenters. The summed E-state index contributed by atoms with van der Waals surface area (Å²) in [5.41, 5.74) is 2.25. The molecule has 2 aliphatic rings. The number of carbonyl (C=O) groups is 3. The number of nitrogens with zero attached hydrogens (tertiary/aromatic N) is 2. The molecule has 2 fully saturated rings. The van der Waals surface area contributed by atoms with Crippen molar-refractivity contribution in [2.75, 3.05) is 19.5 Å². The Morgan fingerprint density at radius 1 is 1.24 bits per heavy atom. The summed E-state index contributed by atoms with van der Waals surface area (Å²) in [6, 6.07) is 14.2. The Labute approximate surface area is 194 Å². The Morgan fingerprint density at radius 2 is 2.03 bits per heavy atom. The zero-order valence-corrected chi connectivity index (χ0v) is 18.8. The molecule has 170 valence electrons. The highest BCUT2D eigenvalue weighted by Crippen LogP contribution is 2.25. The standard InChI is InChI=1S/C23H23N5O4S/c1-33-22-24-16-4-2-3-5-17(16)28(22)12-14-6-8-15(9-7-14)19(29)25-18-10-11-32-13-23(18)20(30)26-21(31)27-23/h2-9,18H,10-13H2,1H3,(H,25,29)(H2,26,27,30,31). The first-order valence-corrected chi connectivity index (χ1v) is 11.8. The second kappa shape index (κ2) is 8.53. The van der Waals surface area contributed by atoms with Crippen molar-refractivity contribution in [2.24, 2.45) is 0 Å². The lowest BCUT2D eigenvalue weighted by atomic mass is 9.86. The van der Waals surface area contributed by atoms with Crippen LogP contribution in [0.5, 0.6) is 0 Å². The van der Waals surface area contributed by atoms with Crippen LogP contribution in [-0.4, -0.2) is 58.4 Å². The third-order valence-electron chi connectivity index (χ3n) is 6.11. The number of amides is 4. The van der Waals surface area contributed by atoms with E-state index in [2.05, 4.69) is 25.5 Å². The van der Waals surface area contributed by atoms with Crippen molar-refractivity contribution in [3.63, 3.8) is 0 Å². The molecule has 3 N–H and O–H groups in total. The molecule has 5 rings (SSSR count). The molecule has 2 aliphatic heterocycles. The fourth-order valence-electron chi connectivity index (χ4n) is 4.38. The van der Waals surface area contributed by atoms with Crippen LogP contribution in [-0.2, 0) is 16.1 Å². The molecule has 0 radical (unpaired) electrons. The summed E-state index contributed by atoms with van der Waals surface area (Å²) < 4.78 is 7.58. The van der Waals surface area contributed by atoms with E-state index in [9.17, 15) is 14.4 Å². The van der Waals surface area contributed by atoms with E-state index >= 15 is 0 Å². The second-order valence-corrected chi connectivity index (χ2v) is 8.89. The molecule has 0 aliphatic carbocycles. The van der Waals surface area contributed by atoms with Gasteiger partial charge in [-0.1, -0.05) is 36.0 Å². The van der Waals surface area contributed by atoms with E-state index in [1.54, 1.807) is 23.9 Å². The van der Waals surface area contributed by atoms with E-state index in [4.69, 9.17) is 4.74 Å². The topological polar surface area (TPSA) is 114 Å². The monoisotopic (exact) mass is 465 g/mol. The number of rotatable bonds is 5. The third-order valence-corrected chi connectivity index (χ3v) is 6.79. The molecule has 2 saturated heterocycles. The van der Waals surface area contributed by atoms with Crippen LogP contribution in [0.3, 0.4) is 0 Å². The normalized spacial score (nSPS) is 22.4. The molecule has 3 aromatic rings. The van der Waals surface area contributed by atoms with Gasteiger partial charge in [-0.25, -0.2) is 9.78 Å². The van der Waals surface area contributed by atoms with Crippen LogP contribution in [0.4, 0.5) is 4.79 Å². The number of thioether (sulfide) groups is 1. The molecule has 33 heavy (non-hydrogen) atoms. The van der Waals surface area contributed by atoms with Gasteiger partial charge in [-0.3, -0.25) is 14.9 Å². The molecule has 0 saturated carbocycles. The highest BCUT2D eigenvalue weighted by Gasteiger charge is 2.54. The van der Waals surface area contributed by atoms with E-state index in [1.807, 2.05) is 42.7 Å². The molecule has 10 heteroatoms. The number of carbonyl (C=O) groups excluding carboxylic acids is 3. The number of fused-ring (bicyclic) bond motifs is 1. The highest BCUT2D eigenvalue weighted by atomic mass is 32.2. The average molecular weight is 466 g/mol. The van der Waals surface area contributed by atoms with Gasteiger partial charge in [0, 0.05) is 12.2 Å². The minimum atomic E-state index is -1.28. The molecular weight excluding hydrogens is 442 g/mol. The first-order valence-electron chi connectivity index (χ1n) is 10.6. The molecule has 2 aromatic carbocycles. The van der Waals surface area contributed by atoms with Crippen molar-refractivity contribution in [1.82, 2.24) is 25.5 Å². The minimum absolute atomic E-state index is 0.0189. The highest BCUT2D eigenvalue weighted by molar-refractivity contribution is 7.98. The summed E-state index contributed by atoms with van der Waals surface area (Å²) in [6.07, 6.45) is 2.42. The third kappa shape index (κ3) is 3.85. The van der Waals surface area contributed by atoms with Crippen molar-refractivity contribution in [1.29, 1.82) is 0 Å². The van der Waals surface area contributed by atoms with E-state index in [-0.39, 0.29) is 12.5 Å². The van der Waals surface area contributed by atoms with Gasteiger partial charge in [0.05, 0.1) is 30.2 Å². The predicted molar refractivity (Wildman–Crippen MR) is 123 cm³/mol. The fourth-order valence-corrected chi connectivity index (χ4v) is 4.95. The number of para-hydroxylation sites is 2. The Bertz CT molecular complexity index is 1240.